The third-order valence-corrected chi connectivity index (χ3v) is 5.84. The molecule has 2 aromatic heterocycles. The Morgan fingerprint density at radius 1 is 0.600 bits per heavy atom. The number of nitrogens with zero attached hydrogens (tertiary/aromatic N) is 6. The lowest BCUT2D eigenvalue weighted by Gasteiger charge is -2.35. The lowest BCUT2D eigenvalue weighted by molar-refractivity contribution is 0.121. The Labute approximate surface area is 172 Å². The summed E-state index contributed by atoms with van der Waals surface area (Å²) in [6.07, 6.45) is 0. The SMILES string of the molecule is Cn1c(N)c(CN2CCN(Cc3c(N)n(C)c(=O)n(C)c3=O)CC2)c(=O)n(C)c1=O. The van der Waals surface area contributed by atoms with Crippen LogP contribution < -0.4 is 34.0 Å². The highest BCUT2D eigenvalue weighted by molar-refractivity contribution is 5.39. The normalized spacial score (nSPS) is 15.6. The van der Waals surface area contributed by atoms with E-state index < -0.39 is 11.4 Å². The van der Waals surface area contributed by atoms with E-state index in [1.54, 1.807) is 0 Å². The van der Waals surface area contributed by atoms with Crippen molar-refractivity contribution in [3.8, 4) is 0 Å². The summed E-state index contributed by atoms with van der Waals surface area (Å²) in [6, 6.07) is 0. The van der Waals surface area contributed by atoms with Gasteiger partial charge in [-0.3, -0.25) is 37.7 Å². The highest BCUT2D eigenvalue weighted by atomic mass is 16.2. The van der Waals surface area contributed by atoms with Crippen molar-refractivity contribution in [2.45, 2.75) is 13.1 Å². The molecule has 0 aliphatic carbocycles. The second kappa shape index (κ2) is 7.95. The molecule has 0 amide bonds. The second-order valence-corrected chi connectivity index (χ2v) is 7.69. The lowest BCUT2D eigenvalue weighted by atomic mass is 10.2. The largest absolute Gasteiger partial charge is 0.385 e. The fraction of sp³-hybridized carbons (Fsp3) is 0.556. The molecule has 0 bridgehead atoms. The van der Waals surface area contributed by atoms with Crippen molar-refractivity contribution in [1.29, 1.82) is 0 Å². The summed E-state index contributed by atoms with van der Waals surface area (Å²) in [6.45, 7) is 3.28. The summed E-state index contributed by atoms with van der Waals surface area (Å²) in [7, 11) is 5.94. The molecule has 12 nitrogen and oxygen atoms in total. The van der Waals surface area contributed by atoms with Crippen molar-refractivity contribution in [2.75, 3.05) is 37.6 Å². The molecule has 1 saturated heterocycles. The van der Waals surface area contributed by atoms with Crippen LogP contribution in [0, 0.1) is 0 Å². The predicted octanol–water partition coefficient (Wildman–Crippen LogP) is -3.04. The molecular weight excluding hydrogens is 392 g/mol. The molecule has 12 heteroatoms. The highest BCUT2D eigenvalue weighted by Gasteiger charge is 2.23. The molecule has 3 rings (SSSR count). The van der Waals surface area contributed by atoms with E-state index in [-0.39, 0.29) is 22.8 Å². The van der Waals surface area contributed by atoms with E-state index in [2.05, 4.69) is 9.80 Å². The molecule has 2 aromatic rings. The van der Waals surface area contributed by atoms with E-state index in [0.717, 1.165) is 9.13 Å². The van der Waals surface area contributed by atoms with Crippen LogP contribution in [-0.2, 0) is 41.3 Å². The molecule has 3 heterocycles. The minimum atomic E-state index is -0.456. The Bertz CT molecular complexity index is 1120. The van der Waals surface area contributed by atoms with Crippen LogP contribution >= 0.6 is 0 Å². The molecule has 1 aliphatic heterocycles. The molecule has 0 spiro atoms. The van der Waals surface area contributed by atoms with Gasteiger partial charge >= 0.3 is 11.4 Å². The zero-order valence-corrected chi connectivity index (χ0v) is 17.7. The quantitative estimate of drug-likeness (QED) is 0.531. The van der Waals surface area contributed by atoms with Gasteiger partial charge in [0.1, 0.15) is 11.6 Å². The fourth-order valence-corrected chi connectivity index (χ4v) is 3.71. The van der Waals surface area contributed by atoms with Crippen molar-refractivity contribution in [1.82, 2.24) is 28.1 Å². The molecule has 164 valence electrons. The van der Waals surface area contributed by atoms with Gasteiger partial charge in [-0.15, -0.1) is 0 Å². The first-order valence-corrected chi connectivity index (χ1v) is 9.58. The van der Waals surface area contributed by atoms with Gasteiger partial charge in [-0.1, -0.05) is 0 Å². The minimum Gasteiger partial charge on any atom is -0.385 e. The van der Waals surface area contributed by atoms with E-state index in [1.165, 1.54) is 37.3 Å². The number of rotatable bonds is 4. The van der Waals surface area contributed by atoms with Crippen LogP contribution in [0.5, 0.6) is 0 Å². The summed E-state index contributed by atoms with van der Waals surface area (Å²) in [5, 5.41) is 0. The van der Waals surface area contributed by atoms with E-state index >= 15 is 0 Å². The summed E-state index contributed by atoms with van der Waals surface area (Å²) < 4.78 is 4.65. The maximum atomic E-state index is 12.5. The van der Waals surface area contributed by atoms with Gasteiger partial charge in [0.25, 0.3) is 11.1 Å². The van der Waals surface area contributed by atoms with Crippen molar-refractivity contribution >= 4 is 11.6 Å². The van der Waals surface area contributed by atoms with Crippen LogP contribution in [-0.4, -0.2) is 54.2 Å². The molecule has 30 heavy (non-hydrogen) atoms. The van der Waals surface area contributed by atoms with Crippen molar-refractivity contribution in [3.05, 3.63) is 52.8 Å². The number of nitrogens with two attached hydrogens (primary N) is 2. The lowest BCUT2D eigenvalue weighted by Crippen LogP contribution is -2.49. The van der Waals surface area contributed by atoms with Crippen LogP contribution in [0.2, 0.25) is 0 Å². The first-order chi connectivity index (χ1) is 14.0. The first-order valence-electron chi connectivity index (χ1n) is 9.58. The van der Waals surface area contributed by atoms with Gasteiger partial charge in [0, 0.05) is 67.5 Å². The Kier molecular flexibility index (Phi) is 5.72. The van der Waals surface area contributed by atoms with Crippen molar-refractivity contribution in [3.63, 3.8) is 0 Å². The smallest absolute Gasteiger partial charge is 0.332 e. The van der Waals surface area contributed by atoms with E-state index in [9.17, 15) is 19.2 Å². The summed E-state index contributed by atoms with van der Waals surface area (Å²) in [5.74, 6) is 0.346. The standard InChI is InChI=1S/C18H28N8O4/c1-21-13(19)11(15(27)23(3)17(21)29)9-25-5-7-26(8-6-25)10-12-14(20)22(2)18(30)24(4)16(12)28/h5-10,19-20H2,1-4H3. The molecule has 0 radical (unpaired) electrons. The van der Waals surface area contributed by atoms with E-state index in [4.69, 9.17) is 11.5 Å². The zero-order chi connectivity index (χ0) is 22.3. The molecule has 1 aliphatic rings. The van der Waals surface area contributed by atoms with Crippen LogP contribution in [0.3, 0.4) is 0 Å². The molecule has 0 saturated carbocycles. The third-order valence-electron chi connectivity index (χ3n) is 5.84. The number of anilines is 2. The number of nitrogen functional groups attached to an aromatic ring is 2. The van der Waals surface area contributed by atoms with E-state index in [0.29, 0.717) is 50.4 Å². The van der Waals surface area contributed by atoms with Gasteiger partial charge < -0.3 is 11.5 Å². The minimum absolute atomic E-state index is 0.173. The maximum absolute atomic E-state index is 12.5. The average molecular weight is 420 g/mol. The van der Waals surface area contributed by atoms with Crippen LogP contribution in [0.25, 0.3) is 0 Å². The van der Waals surface area contributed by atoms with Crippen molar-refractivity contribution < 1.29 is 0 Å². The summed E-state index contributed by atoms with van der Waals surface area (Å²) >= 11 is 0. The maximum Gasteiger partial charge on any atom is 0.332 e. The molecule has 0 aromatic carbocycles. The second-order valence-electron chi connectivity index (χ2n) is 7.69. The Morgan fingerprint density at radius 3 is 1.20 bits per heavy atom. The van der Waals surface area contributed by atoms with Gasteiger partial charge in [-0.2, -0.15) is 0 Å². The zero-order valence-electron chi connectivity index (χ0n) is 17.7. The highest BCUT2D eigenvalue weighted by Crippen LogP contribution is 2.13. The van der Waals surface area contributed by atoms with Gasteiger partial charge in [0.15, 0.2) is 0 Å². The van der Waals surface area contributed by atoms with Gasteiger partial charge in [-0.25, -0.2) is 9.59 Å². The average Bonchev–Trinajstić information content (AvgIpc) is 2.75. The fourth-order valence-electron chi connectivity index (χ4n) is 3.71. The number of hydrogen-bond acceptors (Lipinski definition) is 8. The molecular formula is C18H28N8O4. The topological polar surface area (TPSA) is 147 Å². The number of piperazine rings is 1. The summed E-state index contributed by atoms with van der Waals surface area (Å²) in [5.41, 5.74) is 11.1. The van der Waals surface area contributed by atoms with Gasteiger partial charge in [0.2, 0.25) is 0 Å². The Balaban J connectivity index is 1.73. The summed E-state index contributed by atoms with van der Waals surface area (Å²) in [4.78, 5) is 53.0. The number of hydrogen-bond donors (Lipinski definition) is 2. The third kappa shape index (κ3) is 3.59. The van der Waals surface area contributed by atoms with Crippen LogP contribution in [0.1, 0.15) is 11.1 Å². The van der Waals surface area contributed by atoms with E-state index in [1.807, 2.05) is 0 Å². The number of aromatic nitrogens is 4. The van der Waals surface area contributed by atoms with Crippen LogP contribution in [0.15, 0.2) is 19.2 Å². The van der Waals surface area contributed by atoms with Crippen LogP contribution in [0.4, 0.5) is 11.6 Å². The van der Waals surface area contributed by atoms with Gasteiger partial charge in [0.05, 0.1) is 11.1 Å². The predicted molar refractivity (Wildman–Crippen MR) is 113 cm³/mol. The Morgan fingerprint density at radius 2 is 0.900 bits per heavy atom. The monoisotopic (exact) mass is 420 g/mol. The molecule has 4 N–H and O–H groups in total. The molecule has 1 fully saturated rings. The van der Waals surface area contributed by atoms with Gasteiger partial charge in [-0.05, 0) is 0 Å². The van der Waals surface area contributed by atoms with Crippen molar-refractivity contribution in [2.24, 2.45) is 28.2 Å². The first kappa shape index (κ1) is 21.6. The molecule has 0 atom stereocenters. The molecule has 0 unspecified atom stereocenters. The Hall–Kier alpha value is -3.12.